The molecule has 0 bridgehead atoms. The Bertz CT molecular complexity index is 864. The molecule has 3 rings (SSSR count). The molecular weight excluding hydrogens is 376 g/mol. The van der Waals surface area contributed by atoms with Crippen molar-refractivity contribution in [2.45, 2.75) is 26.2 Å². The highest BCUT2D eigenvalue weighted by Crippen LogP contribution is 2.25. The van der Waals surface area contributed by atoms with E-state index in [1.165, 1.54) is 25.3 Å². The molecule has 29 heavy (non-hydrogen) atoms. The second kappa shape index (κ2) is 9.22. The summed E-state index contributed by atoms with van der Waals surface area (Å²) in [5.74, 6) is 1.44. The molecule has 2 heterocycles. The van der Waals surface area contributed by atoms with E-state index < -0.39 is 4.92 Å². The van der Waals surface area contributed by atoms with Gasteiger partial charge in [0.25, 0.3) is 11.5 Å². The number of hydrogen-bond acceptors (Lipinski definition) is 6. The fraction of sp³-hybridized carbons (Fsp3) is 0.400. The first-order valence-corrected chi connectivity index (χ1v) is 9.55. The minimum absolute atomic E-state index is 0.0767. The molecule has 0 spiro atoms. The van der Waals surface area contributed by atoms with E-state index in [4.69, 9.17) is 4.74 Å². The fourth-order valence-corrected chi connectivity index (χ4v) is 3.44. The number of ether oxygens (including phenoxy) is 1. The molecule has 0 aliphatic carbocycles. The first-order valence-electron chi connectivity index (χ1n) is 9.55. The van der Waals surface area contributed by atoms with Gasteiger partial charge in [0.1, 0.15) is 18.0 Å². The average Bonchev–Trinajstić information content (AvgIpc) is 2.70. The van der Waals surface area contributed by atoms with Gasteiger partial charge in [0.05, 0.1) is 30.7 Å². The van der Waals surface area contributed by atoms with Crippen LogP contribution >= 0.6 is 0 Å². The third kappa shape index (κ3) is 5.56. The molecule has 1 fully saturated rings. The third-order valence-electron chi connectivity index (χ3n) is 5.00. The number of anilines is 2. The van der Waals surface area contributed by atoms with Crippen molar-refractivity contribution in [3.05, 3.63) is 57.9 Å². The van der Waals surface area contributed by atoms with Crippen LogP contribution in [0.4, 0.5) is 17.2 Å². The van der Waals surface area contributed by atoms with E-state index >= 15 is 0 Å². The summed E-state index contributed by atoms with van der Waals surface area (Å²) in [6.07, 6.45) is 3.87. The van der Waals surface area contributed by atoms with E-state index in [2.05, 4.69) is 5.32 Å². The standard InChI is InChI=1S/C20H24N4O5/c1-15(25)21-17-2-4-19(5-3-17)29-13-9-16-6-10-22(11-7-16)20-14-18(24(27)28)8-12-23(20)26/h2-5,8,12,14,16H,6-7,9-11,13H2,1H3,(H,21,25). The van der Waals surface area contributed by atoms with Gasteiger partial charge in [0, 0.05) is 12.6 Å². The van der Waals surface area contributed by atoms with Crippen LogP contribution in [0, 0.1) is 21.2 Å². The number of piperidine rings is 1. The highest BCUT2D eigenvalue weighted by atomic mass is 16.6. The highest BCUT2D eigenvalue weighted by molar-refractivity contribution is 5.88. The van der Waals surface area contributed by atoms with Crippen LogP contribution in [0.5, 0.6) is 5.75 Å². The summed E-state index contributed by atoms with van der Waals surface area (Å²) in [5, 5.41) is 25.7. The van der Waals surface area contributed by atoms with Gasteiger partial charge in [-0.25, -0.2) is 4.73 Å². The number of nitro groups is 1. The van der Waals surface area contributed by atoms with Crippen LogP contribution in [-0.2, 0) is 4.79 Å². The molecule has 154 valence electrons. The Kier molecular flexibility index (Phi) is 6.48. The van der Waals surface area contributed by atoms with Crippen molar-refractivity contribution in [1.29, 1.82) is 0 Å². The number of rotatable bonds is 7. The number of pyridine rings is 1. The predicted octanol–water partition coefficient (Wildman–Crippen LogP) is 2.87. The lowest BCUT2D eigenvalue weighted by Gasteiger charge is -2.29. The van der Waals surface area contributed by atoms with Crippen LogP contribution in [-0.4, -0.2) is 30.5 Å². The Hall–Kier alpha value is -3.36. The molecule has 1 saturated heterocycles. The van der Waals surface area contributed by atoms with Crippen LogP contribution in [0.2, 0.25) is 0 Å². The molecule has 0 radical (unpaired) electrons. The van der Waals surface area contributed by atoms with Crippen molar-refractivity contribution in [3.8, 4) is 5.75 Å². The normalized spacial score (nSPS) is 14.4. The number of carbonyl (C=O) groups excluding carboxylic acids is 1. The van der Waals surface area contributed by atoms with Gasteiger partial charge in [-0.3, -0.25) is 19.8 Å². The summed E-state index contributed by atoms with van der Waals surface area (Å²) in [4.78, 5) is 23.4. The molecule has 2 aromatic rings. The van der Waals surface area contributed by atoms with E-state index in [1.807, 2.05) is 17.0 Å². The second-order valence-corrected chi connectivity index (χ2v) is 7.10. The van der Waals surface area contributed by atoms with Crippen LogP contribution in [0.25, 0.3) is 0 Å². The van der Waals surface area contributed by atoms with Gasteiger partial charge < -0.3 is 15.3 Å². The quantitative estimate of drug-likeness (QED) is 0.331. The molecule has 9 heteroatoms. The monoisotopic (exact) mass is 400 g/mol. The zero-order chi connectivity index (χ0) is 20.8. The van der Waals surface area contributed by atoms with E-state index in [1.54, 1.807) is 12.1 Å². The SMILES string of the molecule is CC(=O)Nc1ccc(OCCC2CCN(c3cc([N+](=O)[O-])cc[n+]3[O-])CC2)cc1. The van der Waals surface area contributed by atoms with Crippen LogP contribution < -0.4 is 19.7 Å². The Morgan fingerprint density at radius 1 is 1.28 bits per heavy atom. The molecule has 1 aliphatic rings. The lowest BCUT2D eigenvalue weighted by Crippen LogP contribution is -2.42. The van der Waals surface area contributed by atoms with Crippen LogP contribution in [0.15, 0.2) is 42.6 Å². The smallest absolute Gasteiger partial charge is 0.286 e. The number of nitrogens with zero attached hydrogens (tertiary/aromatic N) is 3. The molecule has 0 atom stereocenters. The third-order valence-corrected chi connectivity index (χ3v) is 5.00. The van der Waals surface area contributed by atoms with Crippen molar-refractivity contribution in [2.75, 3.05) is 29.9 Å². The lowest BCUT2D eigenvalue weighted by atomic mass is 9.94. The second-order valence-electron chi connectivity index (χ2n) is 7.10. The topological polar surface area (TPSA) is 112 Å². The van der Waals surface area contributed by atoms with Crippen molar-refractivity contribution in [1.82, 2.24) is 0 Å². The summed E-state index contributed by atoms with van der Waals surface area (Å²) < 4.78 is 6.47. The summed E-state index contributed by atoms with van der Waals surface area (Å²) in [6, 6.07) is 9.79. The van der Waals surface area contributed by atoms with E-state index in [0.717, 1.165) is 30.7 Å². The van der Waals surface area contributed by atoms with Crippen molar-refractivity contribution in [2.24, 2.45) is 5.92 Å². The van der Waals surface area contributed by atoms with Gasteiger partial charge in [-0.05, 0) is 49.4 Å². The van der Waals surface area contributed by atoms with E-state index in [9.17, 15) is 20.1 Å². The largest absolute Gasteiger partial charge is 0.711 e. The zero-order valence-corrected chi connectivity index (χ0v) is 16.2. The predicted molar refractivity (Wildman–Crippen MR) is 108 cm³/mol. The van der Waals surface area contributed by atoms with Gasteiger partial charge in [-0.2, -0.15) is 0 Å². The maximum Gasteiger partial charge on any atom is 0.286 e. The minimum Gasteiger partial charge on any atom is -0.711 e. The van der Waals surface area contributed by atoms with Gasteiger partial charge in [-0.1, -0.05) is 0 Å². The summed E-state index contributed by atoms with van der Waals surface area (Å²) in [6.45, 7) is 3.41. The number of carbonyl (C=O) groups is 1. The van der Waals surface area contributed by atoms with Crippen LogP contribution in [0.1, 0.15) is 26.2 Å². The summed E-state index contributed by atoms with van der Waals surface area (Å²) in [5.41, 5.74) is 0.654. The first kappa shape index (κ1) is 20.4. The molecule has 1 aliphatic heterocycles. The number of hydrogen-bond donors (Lipinski definition) is 1. The first-order chi connectivity index (χ1) is 13.9. The Morgan fingerprint density at radius 2 is 1.97 bits per heavy atom. The number of amides is 1. The molecule has 1 amide bonds. The number of nitrogens with one attached hydrogen (secondary N) is 1. The van der Waals surface area contributed by atoms with Gasteiger partial charge in [0.15, 0.2) is 0 Å². The Balaban J connectivity index is 1.45. The maximum absolute atomic E-state index is 12.0. The number of aromatic nitrogens is 1. The van der Waals surface area contributed by atoms with Gasteiger partial charge in [-0.15, -0.1) is 0 Å². The Labute approximate surface area is 168 Å². The molecule has 1 aromatic carbocycles. The van der Waals surface area contributed by atoms with Gasteiger partial charge >= 0.3 is 0 Å². The molecule has 0 unspecified atom stereocenters. The van der Waals surface area contributed by atoms with Gasteiger partial charge in [0.2, 0.25) is 5.91 Å². The fourth-order valence-electron chi connectivity index (χ4n) is 3.44. The molecule has 1 aromatic heterocycles. The van der Waals surface area contributed by atoms with E-state index in [-0.39, 0.29) is 11.6 Å². The van der Waals surface area contributed by atoms with E-state index in [0.29, 0.717) is 36.2 Å². The molecule has 0 saturated carbocycles. The molecule has 1 N–H and O–H groups in total. The van der Waals surface area contributed by atoms with Crippen LogP contribution in [0.3, 0.4) is 0 Å². The lowest BCUT2D eigenvalue weighted by molar-refractivity contribution is -0.593. The molecular formula is C20H24N4O5. The Morgan fingerprint density at radius 3 is 2.59 bits per heavy atom. The summed E-state index contributed by atoms with van der Waals surface area (Å²) >= 11 is 0. The molecule has 9 nitrogen and oxygen atoms in total. The average molecular weight is 400 g/mol. The summed E-state index contributed by atoms with van der Waals surface area (Å²) in [7, 11) is 0. The van der Waals surface area contributed by atoms with Crippen molar-refractivity contribution in [3.63, 3.8) is 0 Å². The van der Waals surface area contributed by atoms with Crippen molar-refractivity contribution >= 4 is 23.1 Å². The minimum atomic E-state index is -0.490. The number of benzene rings is 1. The zero-order valence-electron chi connectivity index (χ0n) is 16.2. The van der Waals surface area contributed by atoms with Crippen molar-refractivity contribution < 1.29 is 19.2 Å². The maximum atomic E-state index is 12.0. The highest BCUT2D eigenvalue weighted by Gasteiger charge is 2.27.